The summed E-state index contributed by atoms with van der Waals surface area (Å²) < 4.78 is 18.0. The molecule has 84 valence electrons. The van der Waals surface area contributed by atoms with Crippen LogP contribution in [0, 0.1) is 17.1 Å². The van der Waals surface area contributed by atoms with Crippen molar-refractivity contribution in [2.45, 2.75) is 6.42 Å². The molecule has 0 fully saturated rings. The average molecular weight is 243 g/mol. The molecule has 0 atom stereocenters. The number of methoxy groups -OCH3 is 1. The number of hydrogen-bond acceptors (Lipinski definition) is 3. The van der Waals surface area contributed by atoms with Crippen molar-refractivity contribution in [3.63, 3.8) is 0 Å². The van der Waals surface area contributed by atoms with Gasteiger partial charge in [-0.3, -0.25) is 4.79 Å². The van der Waals surface area contributed by atoms with Gasteiger partial charge in [0.05, 0.1) is 18.2 Å². The summed E-state index contributed by atoms with van der Waals surface area (Å²) in [5, 5.41) is 10.7. The Morgan fingerprint density at radius 3 is 2.88 bits per heavy atom. The minimum Gasteiger partial charge on any atom is -0.492 e. The van der Waals surface area contributed by atoms with Gasteiger partial charge in [0.2, 0.25) is 5.91 Å². The number of nitrogens with zero attached hydrogens (tertiary/aromatic N) is 1. The third-order valence-corrected chi connectivity index (χ3v) is 2.01. The van der Waals surface area contributed by atoms with Crippen LogP contribution in [0.15, 0.2) is 12.1 Å². The summed E-state index contributed by atoms with van der Waals surface area (Å²) >= 11 is 5.71. The Kier molecular flexibility index (Phi) is 4.09. The Hall–Kier alpha value is -1.80. The molecule has 0 aliphatic rings. The second kappa shape index (κ2) is 5.33. The van der Waals surface area contributed by atoms with Gasteiger partial charge in [0.25, 0.3) is 0 Å². The lowest BCUT2D eigenvalue weighted by molar-refractivity contribution is -0.115. The molecule has 0 aromatic heterocycles. The SMILES string of the molecule is COc1c(F)cc(NC(=O)CC#N)cc1Cl. The zero-order chi connectivity index (χ0) is 12.1. The molecule has 1 aromatic carbocycles. The Labute approximate surface area is 96.6 Å². The van der Waals surface area contributed by atoms with E-state index in [9.17, 15) is 9.18 Å². The molecule has 0 bridgehead atoms. The fraction of sp³-hybridized carbons (Fsp3) is 0.200. The Bertz CT molecular complexity index is 434. The number of rotatable bonds is 3. The first-order valence-electron chi connectivity index (χ1n) is 4.28. The minimum absolute atomic E-state index is 0.0507. The third-order valence-electron chi connectivity index (χ3n) is 1.73. The molecule has 1 amide bonds. The molecule has 1 N–H and O–H groups in total. The zero-order valence-electron chi connectivity index (χ0n) is 8.38. The predicted octanol–water partition coefficient (Wildman–Crippen LogP) is 2.34. The molecule has 4 nitrogen and oxygen atoms in total. The maximum atomic E-state index is 13.3. The summed E-state index contributed by atoms with van der Waals surface area (Å²) in [6.07, 6.45) is -0.300. The van der Waals surface area contributed by atoms with Crippen LogP contribution in [0.25, 0.3) is 0 Å². The Balaban J connectivity index is 2.92. The van der Waals surface area contributed by atoms with Crippen molar-refractivity contribution in [3.05, 3.63) is 23.0 Å². The van der Waals surface area contributed by atoms with Gasteiger partial charge in [0.15, 0.2) is 11.6 Å². The van der Waals surface area contributed by atoms with Crippen molar-refractivity contribution in [1.82, 2.24) is 0 Å². The molecule has 0 heterocycles. The number of amides is 1. The molecule has 1 rings (SSSR count). The molecular formula is C10H8ClFN2O2. The van der Waals surface area contributed by atoms with E-state index < -0.39 is 11.7 Å². The number of hydrogen-bond donors (Lipinski definition) is 1. The lowest BCUT2D eigenvalue weighted by atomic mass is 10.2. The van der Waals surface area contributed by atoms with Crippen LogP contribution >= 0.6 is 11.6 Å². The highest BCUT2D eigenvalue weighted by molar-refractivity contribution is 6.32. The van der Waals surface area contributed by atoms with Crippen molar-refractivity contribution in [2.75, 3.05) is 12.4 Å². The quantitative estimate of drug-likeness (QED) is 0.885. The van der Waals surface area contributed by atoms with Crippen LogP contribution in [0.3, 0.4) is 0 Å². The van der Waals surface area contributed by atoms with Crippen LogP contribution in [-0.4, -0.2) is 13.0 Å². The number of halogens is 2. The van der Waals surface area contributed by atoms with Crippen molar-refractivity contribution in [2.24, 2.45) is 0 Å². The molecule has 0 unspecified atom stereocenters. The van der Waals surface area contributed by atoms with E-state index in [0.717, 1.165) is 6.07 Å². The number of nitriles is 1. The number of nitrogens with one attached hydrogen (secondary N) is 1. The van der Waals surface area contributed by atoms with E-state index in [-0.39, 0.29) is 22.9 Å². The smallest absolute Gasteiger partial charge is 0.238 e. The summed E-state index contributed by atoms with van der Waals surface area (Å²) in [7, 11) is 1.29. The van der Waals surface area contributed by atoms with Gasteiger partial charge in [0.1, 0.15) is 6.42 Å². The minimum atomic E-state index is -0.678. The van der Waals surface area contributed by atoms with Crippen LogP contribution in [0.1, 0.15) is 6.42 Å². The lowest BCUT2D eigenvalue weighted by Gasteiger charge is -2.08. The van der Waals surface area contributed by atoms with Gasteiger partial charge in [-0.05, 0) is 6.07 Å². The first kappa shape index (κ1) is 12.3. The normalized spacial score (nSPS) is 9.38. The van der Waals surface area contributed by atoms with Gasteiger partial charge in [-0.25, -0.2) is 4.39 Å². The molecule has 16 heavy (non-hydrogen) atoms. The second-order valence-electron chi connectivity index (χ2n) is 2.86. The van der Waals surface area contributed by atoms with Gasteiger partial charge < -0.3 is 10.1 Å². The van der Waals surface area contributed by atoms with Crippen LogP contribution in [0.5, 0.6) is 5.75 Å². The first-order valence-corrected chi connectivity index (χ1v) is 4.66. The summed E-state index contributed by atoms with van der Waals surface area (Å²) in [6.45, 7) is 0. The van der Waals surface area contributed by atoms with Gasteiger partial charge in [-0.2, -0.15) is 5.26 Å². The van der Waals surface area contributed by atoms with Crippen LogP contribution in [-0.2, 0) is 4.79 Å². The average Bonchev–Trinajstić information content (AvgIpc) is 2.17. The highest BCUT2D eigenvalue weighted by Gasteiger charge is 2.11. The molecular weight excluding hydrogens is 235 g/mol. The summed E-state index contributed by atoms with van der Waals surface area (Å²) in [4.78, 5) is 11.1. The largest absolute Gasteiger partial charge is 0.492 e. The molecule has 0 aliphatic heterocycles. The molecule has 6 heteroatoms. The predicted molar refractivity (Wildman–Crippen MR) is 56.8 cm³/mol. The third kappa shape index (κ3) is 2.84. The fourth-order valence-electron chi connectivity index (χ4n) is 1.10. The van der Waals surface area contributed by atoms with Crippen LogP contribution in [0.4, 0.5) is 10.1 Å². The maximum Gasteiger partial charge on any atom is 0.238 e. The maximum absolute atomic E-state index is 13.3. The van der Waals surface area contributed by atoms with Gasteiger partial charge in [-0.15, -0.1) is 0 Å². The summed E-state index contributed by atoms with van der Waals surface area (Å²) in [5.74, 6) is -1.29. The monoisotopic (exact) mass is 242 g/mol. The number of carbonyl (C=O) groups is 1. The lowest BCUT2D eigenvalue weighted by Crippen LogP contribution is -2.10. The van der Waals surface area contributed by atoms with Crippen molar-refractivity contribution >= 4 is 23.2 Å². The number of benzene rings is 1. The molecule has 0 saturated heterocycles. The van der Waals surface area contributed by atoms with Gasteiger partial charge in [-0.1, -0.05) is 11.6 Å². The topological polar surface area (TPSA) is 62.1 Å². The fourth-order valence-corrected chi connectivity index (χ4v) is 1.39. The van der Waals surface area contributed by atoms with E-state index in [4.69, 9.17) is 21.6 Å². The molecule has 0 spiro atoms. The number of carbonyl (C=O) groups excluding carboxylic acids is 1. The molecule has 0 aliphatic carbocycles. The highest BCUT2D eigenvalue weighted by Crippen LogP contribution is 2.30. The van der Waals surface area contributed by atoms with E-state index >= 15 is 0 Å². The van der Waals surface area contributed by atoms with Gasteiger partial charge >= 0.3 is 0 Å². The van der Waals surface area contributed by atoms with E-state index in [1.165, 1.54) is 13.2 Å². The molecule has 1 aromatic rings. The Morgan fingerprint density at radius 2 is 2.38 bits per heavy atom. The van der Waals surface area contributed by atoms with E-state index in [1.807, 2.05) is 0 Å². The zero-order valence-corrected chi connectivity index (χ0v) is 9.14. The molecule has 0 saturated carbocycles. The number of anilines is 1. The van der Waals surface area contributed by atoms with E-state index in [2.05, 4.69) is 5.32 Å². The summed E-state index contributed by atoms with van der Waals surface area (Å²) in [5.41, 5.74) is 0.184. The van der Waals surface area contributed by atoms with Crippen LogP contribution < -0.4 is 10.1 Å². The molecule has 0 radical (unpaired) electrons. The first-order chi connectivity index (χ1) is 7.58. The Morgan fingerprint density at radius 1 is 1.69 bits per heavy atom. The van der Waals surface area contributed by atoms with Crippen molar-refractivity contribution in [1.29, 1.82) is 5.26 Å². The van der Waals surface area contributed by atoms with E-state index in [1.54, 1.807) is 6.07 Å². The standard InChI is InChI=1S/C10H8ClFN2O2/c1-16-10-7(11)4-6(5-8(10)12)14-9(15)2-3-13/h4-5H,2H2,1H3,(H,14,15). The number of ether oxygens (including phenoxy) is 1. The second-order valence-corrected chi connectivity index (χ2v) is 3.26. The van der Waals surface area contributed by atoms with Crippen LogP contribution in [0.2, 0.25) is 5.02 Å². The van der Waals surface area contributed by atoms with E-state index in [0.29, 0.717) is 0 Å². The summed E-state index contributed by atoms with van der Waals surface area (Å²) in [6, 6.07) is 4.09. The van der Waals surface area contributed by atoms with Crippen molar-refractivity contribution in [3.8, 4) is 11.8 Å². The van der Waals surface area contributed by atoms with Gasteiger partial charge in [0, 0.05) is 11.8 Å². The highest BCUT2D eigenvalue weighted by atomic mass is 35.5. The van der Waals surface area contributed by atoms with Crippen molar-refractivity contribution < 1.29 is 13.9 Å².